The molecule has 2 heterocycles. The van der Waals surface area contributed by atoms with E-state index in [-0.39, 0.29) is 0 Å². The lowest BCUT2D eigenvalue weighted by Crippen LogP contribution is -1.87. The van der Waals surface area contributed by atoms with Crippen molar-refractivity contribution in [2.24, 2.45) is 0 Å². The molecule has 2 aromatic heterocycles. The van der Waals surface area contributed by atoms with Gasteiger partial charge in [-0.25, -0.2) is 4.98 Å². The molecule has 0 aliphatic rings. The summed E-state index contributed by atoms with van der Waals surface area (Å²) < 4.78 is 5.05. The maximum atomic E-state index is 5.05. The summed E-state index contributed by atoms with van der Waals surface area (Å²) in [4.78, 5) is 7.42. The SMILES string of the molecule is COc1ccc(-c2ccc3cc[nH]c3c2)cn1. The van der Waals surface area contributed by atoms with Crippen molar-refractivity contribution in [2.45, 2.75) is 0 Å². The molecule has 3 nitrogen and oxygen atoms in total. The summed E-state index contributed by atoms with van der Waals surface area (Å²) in [5, 5.41) is 1.22. The monoisotopic (exact) mass is 224 g/mol. The molecule has 0 aliphatic carbocycles. The van der Waals surface area contributed by atoms with Gasteiger partial charge in [0, 0.05) is 29.5 Å². The van der Waals surface area contributed by atoms with E-state index in [1.165, 1.54) is 5.39 Å². The van der Waals surface area contributed by atoms with Crippen molar-refractivity contribution in [1.82, 2.24) is 9.97 Å². The van der Waals surface area contributed by atoms with E-state index in [2.05, 4.69) is 34.2 Å². The number of H-pyrrole nitrogens is 1. The van der Waals surface area contributed by atoms with Crippen LogP contribution in [0.3, 0.4) is 0 Å². The molecule has 0 unspecified atom stereocenters. The first-order chi connectivity index (χ1) is 8.36. The van der Waals surface area contributed by atoms with Crippen molar-refractivity contribution in [1.29, 1.82) is 0 Å². The van der Waals surface area contributed by atoms with Gasteiger partial charge in [-0.1, -0.05) is 12.1 Å². The first-order valence-corrected chi connectivity index (χ1v) is 5.44. The Morgan fingerprint density at radius 1 is 1.06 bits per heavy atom. The van der Waals surface area contributed by atoms with Gasteiger partial charge in [-0.2, -0.15) is 0 Å². The molecule has 0 bridgehead atoms. The molecule has 17 heavy (non-hydrogen) atoms. The minimum Gasteiger partial charge on any atom is -0.481 e. The van der Waals surface area contributed by atoms with E-state index in [1.54, 1.807) is 7.11 Å². The second-order valence-electron chi connectivity index (χ2n) is 3.87. The molecule has 0 fully saturated rings. The van der Waals surface area contributed by atoms with E-state index in [4.69, 9.17) is 4.74 Å². The van der Waals surface area contributed by atoms with Gasteiger partial charge in [-0.05, 0) is 29.1 Å². The van der Waals surface area contributed by atoms with Gasteiger partial charge in [-0.3, -0.25) is 0 Å². The maximum absolute atomic E-state index is 5.05. The van der Waals surface area contributed by atoms with Crippen molar-refractivity contribution in [3.05, 3.63) is 48.8 Å². The highest BCUT2D eigenvalue weighted by Crippen LogP contribution is 2.24. The highest BCUT2D eigenvalue weighted by atomic mass is 16.5. The fourth-order valence-electron chi connectivity index (χ4n) is 1.90. The van der Waals surface area contributed by atoms with Crippen molar-refractivity contribution in [3.63, 3.8) is 0 Å². The Morgan fingerprint density at radius 3 is 2.71 bits per heavy atom. The number of benzene rings is 1. The number of methoxy groups -OCH3 is 1. The molecule has 84 valence electrons. The highest BCUT2D eigenvalue weighted by molar-refractivity contribution is 5.84. The Labute approximate surface area is 99.1 Å². The maximum Gasteiger partial charge on any atom is 0.212 e. The summed E-state index contributed by atoms with van der Waals surface area (Å²) >= 11 is 0. The van der Waals surface area contributed by atoms with Crippen LogP contribution in [0.15, 0.2) is 48.8 Å². The number of aromatic amines is 1. The van der Waals surface area contributed by atoms with E-state index in [0.717, 1.165) is 16.6 Å². The van der Waals surface area contributed by atoms with Crippen LogP contribution in [0.2, 0.25) is 0 Å². The van der Waals surface area contributed by atoms with Gasteiger partial charge in [0.05, 0.1) is 7.11 Å². The van der Waals surface area contributed by atoms with E-state index in [9.17, 15) is 0 Å². The van der Waals surface area contributed by atoms with Crippen LogP contribution in [-0.4, -0.2) is 17.1 Å². The second-order valence-corrected chi connectivity index (χ2v) is 3.87. The van der Waals surface area contributed by atoms with Gasteiger partial charge >= 0.3 is 0 Å². The van der Waals surface area contributed by atoms with Gasteiger partial charge in [0.15, 0.2) is 0 Å². The normalized spacial score (nSPS) is 10.6. The second kappa shape index (κ2) is 3.94. The average molecular weight is 224 g/mol. The lowest BCUT2D eigenvalue weighted by molar-refractivity contribution is 0.398. The number of ether oxygens (including phenoxy) is 1. The fourth-order valence-corrected chi connectivity index (χ4v) is 1.90. The van der Waals surface area contributed by atoms with Crippen molar-refractivity contribution < 1.29 is 4.74 Å². The molecule has 1 N–H and O–H groups in total. The molecule has 0 radical (unpaired) electrons. The summed E-state index contributed by atoms with van der Waals surface area (Å²) in [5.41, 5.74) is 3.37. The summed E-state index contributed by atoms with van der Waals surface area (Å²) in [6.07, 6.45) is 3.77. The van der Waals surface area contributed by atoms with E-state index < -0.39 is 0 Å². The van der Waals surface area contributed by atoms with Crippen LogP contribution in [0.25, 0.3) is 22.0 Å². The minimum atomic E-state index is 0.634. The lowest BCUT2D eigenvalue weighted by atomic mass is 10.1. The molecule has 0 saturated heterocycles. The van der Waals surface area contributed by atoms with Crippen molar-refractivity contribution in [2.75, 3.05) is 7.11 Å². The third-order valence-electron chi connectivity index (χ3n) is 2.83. The van der Waals surface area contributed by atoms with Crippen LogP contribution in [0.4, 0.5) is 0 Å². The molecule has 1 aromatic carbocycles. The average Bonchev–Trinajstić information content (AvgIpc) is 2.86. The Bertz CT molecular complexity index is 641. The number of fused-ring (bicyclic) bond motifs is 1. The van der Waals surface area contributed by atoms with Crippen LogP contribution >= 0.6 is 0 Å². The summed E-state index contributed by atoms with van der Waals surface area (Å²) in [5.74, 6) is 0.634. The summed E-state index contributed by atoms with van der Waals surface area (Å²) in [6, 6.07) is 12.3. The number of hydrogen-bond acceptors (Lipinski definition) is 2. The number of nitrogens with one attached hydrogen (secondary N) is 1. The molecular formula is C14H12N2O. The predicted molar refractivity (Wildman–Crippen MR) is 68.1 cm³/mol. The molecule has 3 aromatic rings. The van der Waals surface area contributed by atoms with Crippen LogP contribution < -0.4 is 4.74 Å². The zero-order chi connectivity index (χ0) is 11.7. The van der Waals surface area contributed by atoms with Gasteiger partial charge < -0.3 is 9.72 Å². The minimum absolute atomic E-state index is 0.634. The first kappa shape index (κ1) is 9.90. The standard InChI is InChI=1S/C14H12N2O/c1-17-14-5-4-12(9-16-14)11-3-2-10-6-7-15-13(10)8-11/h2-9,15H,1H3. The predicted octanol–water partition coefficient (Wildman–Crippen LogP) is 3.24. The number of pyridine rings is 1. The van der Waals surface area contributed by atoms with Gasteiger partial charge in [0.2, 0.25) is 5.88 Å². The number of rotatable bonds is 2. The smallest absolute Gasteiger partial charge is 0.212 e. The van der Waals surface area contributed by atoms with Crippen LogP contribution in [0.5, 0.6) is 5.88 Å². The number of nitrogens with zero attached hydrogens (tertiary/aromatic N) is 1. The Balaban J connectivity index is 2.06. The lowest BCUT2D eigenvalue weighted by Gasteiger charge is -2.03. The number of aromatic nitrogens is 2. The molecule has 3 heteroatoms. The van der Waals surface area contributed by atoms with Gasteiger partial charge in [-0.15, -0.1) is 0 Å². The van der Waals surface area contributed by atoms with Crippen molar-refractivity contribution >= 4 is 10.9 Å². The van der Waals surface area contributed by atoms with E-state index in [1.807, 2.05) is 24.5 Å². The molecule has 0 saturated carbocycles. The Kier molecular flexibility index (Phi) is 2.29. The number of hydrogen-bond donors (Lipinski definition) is 1. The largest absolute Gasteiger partial charge is 0.481 e. The topological polar surface area (TPSA) is 37.9 Å². The highest BCUT2D eigenvalue weighted by Gasteiger charge is 2.01. The fraction of sp³-hybridized carbons (Fsp3) is 0.0714. The Hall–Kier alpha value is -2.29. The van der Waals surface area contributed by atoms with Crippen LogP contribution in [0, 0.1) is 0 Å². The molecular weight excluding hydrogens is 212 g/mol. The quantitative estimate of drug-likeness (QED) is 0.725. The third kappa shape index (κ3) is 1.76. The summed E-state index contributed by atoms with van der Waals surface area (Å²) in [7, 11) is 1.62. The zero-order valence-corrected chi connectivity index (χ0v) is 9.47. The molecule has 0 aliphatic heterocycles. The molecule has 0 amide bonds. The van der Waals surface area contributed by atoms with Crippen LogP contribution in [0.1, 0.15) is 0 Å². The third-order valence-corrected chi connectivity index (χ3v) is 2.83. The molecule has 0 atom stereocenters. The zero-order valence-electron chi connectivity index (χ0n) is 9.47. The van der Waals surface area contributed by atoms with Crippen molar-refractivity contribution in [3.8, 4) is 17.0 Å². The first-order valence-electron chi connectivity index (χ1n) is 5.44. The van der Waals surface area contributed by atoms with Gasteiger partial charge in [0.1, 0.15) is 0 Å². The van der Waals surface area contributed by atoms with Crippen LogP contribution in [-0.2, 0) is 0 Å². The molecule has 0 spiro atoms. The molecule has 3 rings (SSSR count). The van der Waals surface area contributed by atoms with Gasteiger partial charge in [0.25, 0.3) is 0 Å². The van der Waals surface area contributed by atoms with E-state index in [0.29, 0.717) is 5.88 Å². The summed E-state index contributed by atoms with van der Waals surface area (Å²) in [6.45, 7) is 0. The Morgan fingerprint density at radius 2 is 1.94 bits per heavy atom. The van der Waals surface area contributed by atoms with E-state index >= 15 is 0 Å².